The molecule has 2 aromatic carbocycles. The molecule has 2 heterocycles. The maximum Gasteiger partial charge on any atom is 0.326 e. The lowest BCUT2D eigenvalue weighted by atomic mass is 9.97. The van der Waals surface area contributed by atoms with E-state index in [-0.39, 0.29) is 29.4 Å². The molecule has 0 saturated carbocycles. The first-order valence-electron chi connectivity index (χ1n) is 9.28. The summed E-state index contributed by atoms with van der Waals surface area (Å²) in [5.41, 5.74) is 2.34. The molecule has 1 saturated heterocycles. The molecule has 0 bridgehead atoms. The van der Waals surface area contributed by atoms with Crippen LogP contribution in [0.2, 0.25) is 0 Å². The number of nitrogens with zero attached hydrogens (tertiary/aromatic N) is 2. The normalized spacial score (nSPS) is 18.6. The molecular formula is C21H22FN3O2. The van der Waals surface area contributed by atoms with E-state index < -0.39 is 0 Å². The van der Waals surface area contributed by atoms with Crippen LogP contribution in [-0.4, -0.2) is 33.4 Å². The summed E-state index contributed by atoms with van der Waals surface area (Å²) in [4.78, 5) is 30.2. The van der Waals surface area contributed by atoms with E-state index in [9.17, 15) is 14.0 Å². The first-order valence-corrected chi connectivity index (χ1v) is 9.28. The second kappa shape index (κ2) is 7.02. The summed E-state index contributed by atoms with van der Waals surface area (Å²) in [6.45, 7) is 3.03. The largest absolute Gasteiger partial charge is 0.340 e. The fourth-order valence-corrected chi connectivity index (χ4v) is 3.97. The number of hydrogen-bond acceptors (Lipinski definition) is 2. The molecule has 27 heavy (non-hydrogen) atoms. The summed E-state index contributed by atoms with van der Waals surface area (Å²) in [7, 11) is 0. The van der Waals surface area contributed by atoms with Gasteiger partial charge in [0.2, 0.25) is 5.91 Å². The van der Waals surface area contributed by atoms with Crippen LogP contribution in [0.25, 0.3) is 11.0 Å². The van der Waals surface area contributed by atoms with E-state index in [2.05, 4.69) is 4.98 Å². The van der Waals surface area contributed by atoms with Gasteiger partial charge in [-0.25, -0.2) is 9.18 Å². The first-order chi connectivity index (χ1) is 13.0. The number of imidazole rings is 1. The van der Waals surface area contributed by atoms with Crippen LogP contribution >= 0.6 is 0 Å². The average Bonchev–Trinajstić information content (AvgIpc) is 3.03. The smallest absolute Gasteiger partial charge is 0.326 e. The minimum atomic E-state index is -0.343. The number of hydrogen-bond donors (Lipinski definition) is 1. The molecule has 0 aliphatic carbocycles. The molecule has 2 atom stereocenters. The van der Waals surface area contributed by atoms with Crippen molar-refractivity contribution >= 4 is 16.9 Å². The summed E-state index contributed by atoms with van der Waals surface area (Å²) in [6.07, 6.45) is 1.70. The van der Waals surface area contributed by atoms with Crippen molar-refractivity contribution in [2.24, 2.45) is 0 Å². The molecule has 1 aromatic heterocycles. The molecule has 1 aliphatic rings. The third-order valence-corrected chi connectivity index (χ3v) is 5.44. The lowest BCUT2D eigenvalue weighted by molar-refractivity contribution is -0.134. The molecule has 0 radical (unpaired) electrons. The lowest BCUT2D eigenvalue weighted by Crippen LogP contribution is -2.44. The van der Waals surface area contributed by atoms with Crippen LogP contribution in [-0.2, 0) is 4.79 Å². The van der Waals surface area contributed by atoms with Gasteiger partial charge in [-0.1, -0.05) is 24.3 Å². The number of halogens is 1. The van der Waals surface area contributed by atoms with Gasteiger partial charge in [-0.15, -0.1) is 0 Å². The molecule has 0 spiro atoms. The third-order valence-electron chi connectivity index (χ3n) is 5.44. The minimum absolute atomic E-state index is 0.0131. The molecule has 3 aromatic rings. The van der Waals surface area contributed by atoms with Crippen LogP contribution in [0, 0.1) is 5.82 Å². The van der Waals surface area contributed by atoms with E-state index in [0.29, 0.717) is 13.1 Å². The molecule has 140 valence electrons. The highest BCUT2D eigenvalue weighted by Gasteiger charge is 2.29. The monoisotopic (exact) mass is 367 g/mol. The van der Waals surface area contributed by atoms with Crippen LogP contribution in [0.1, 0.15) is 37.3 Å². The predicted octanol–water partition coefficient (Wildman–Crippen LogP) is 3.44. The summed E-state index contributed by atoms with van der Waals surface area (Å²) in [5, 5.41) is 0. The Kier molecular flexibility index (Phi) is 4.56. The van der Waals surface area contributed by atoms with Gasteiger partial charge in [0.05, 0.1) is 23.0 Å². The number of rotatable bonds is 3. The number of piperidine rings is 1. The first kappa shape index (κ1) is 17.5. The second-order valence-electron chi connectivity index (χ2n) is 7.17. The number of benzene rings is 2. The average molecular weight is 367 g/mol. The molecule has 6 heteroatoms. The Morgan fingerprint density at radius 2 is 1.93 bits per heavy atom. The number of carbonyl (C=O) groups excluding carboxylic acids is 1. The highest BCUT2D eigenvalue weighted by molar-refractivity contribution is 5.83. The van der Waals surface area contributed by atoms with Gasteiger partial charge in [-0.05, 0) is 49.6 Å². The summed E-state index contributed by atoms with van der Waals surface area (Å²) in [6, 6.07) is 13.6. The van der Waals surface area contributed by atoms with Crippen molar-refractivity contribution in [2.75, 3.05) is 13.1 Å². The summed E-state index contributed by atoms with van der Waals surface area (Å²) < 4.78 is 14.9. The molecule has 0 unspecified atom stereocenters. The van der Waals surface area contributed by atoms with Crippen molar-refractivity contribution in [3.63, 3.8) is 0 Å². The van der Waals surface area contributed by atoms with Gasteiger partial charge in [0, 0.05) is 13.1 Å². The minimum Gasteiger partial charge on any atom is -0.340 e. The Morgan fingerprint density at radius 1 is 1.19 bits per heavy atom. The lowest BCUT2D eigenvalue weighted by Gasteiger charge is -2.35. The fraction of sp³-hybridized carbons (Fsp3) is 0.333. The van der Waals surface area contributed by atoms with Crippen molar-refractivity contribution in [1.29, 1.82) is 0 Å². The summed E-state index contributed by atoms with van der Waals surface area (Å²) >= 11 is 0. The van der Waals surface area contributed by atoms with Crippen LogP contribution in [0.4, 0.5) is 4.39 Å². The second-order valence-corrected chi connectivity index (χ2v) is 7.17. The Balaban J connectivity index is 1.57. The van der Waals surface area contributed by atoms with E-state index in [0.717, 1.165) is 29.4 Å². The quantitative estimate of drug-likeness (QED) is 0.771. The van der Waals surface area contributed by atoms with Crippen LogP contribution < -0.4 is 5.69 Å². The number of likely N-dealkylation sites (tertiary alicyclic amines) is 1. The number of fused-ring (bicyclic) bond motifs is 1. The maximum atomic E-state index is 13.1. The Morgan fingerprint density at radius 3 is 2.70 bits per heavy atom. The van der Waals surface area contributed by atoms with Gasteiger partial charge in [0.1, 0.15) is 5.82 Å². The number of aromatic amines is 1. The van der Waals surface area contributed by atoms with E-state index in [1.807, 2.05) is 36.1 Å². The van der Waals surface area contributed by atoms with Gasteiger partial charge in [-0.2, -0.15) is 0 Å². The zero-order valence-electron chi connectivity index (χ0n) is 15.2. The van der Waals surface area contributed by atoms with E-state index in [1.165, 1.54) is 12.1 Å². The van der Waals surface area contributed by atoms with Gasteiger partial charge in [0.25, 0.3) is 0 Å². The number of carbonyl (C=O) groups is 1. The molecule has 5 nitrogen and oxygen atoms in total. The molecule has 1 aliphatic heterocycles. The van der Waals surface area contributed by atoms with Crippen molar-refractivity contribution in [1.82, 2.24) is 14.5 Å². The van der Waals surface area contributed by atoms with Crippen LogP contribution in [0.3, 0.4) is 0 Å². The van der Waals surface area contributed by atoms with Gasteiger partial charge in [0.15, 0.2) is 0 Å². The molecular weight excluding hydrogens is 345 g/mol. The molecule has 1 fully saturated rings. The Hall–Kier alpha value is -2.89. The zero-order chi connectivity index (χ0) is 19.0. The fourth-order valence-electron chi connectivity index (χ4n) is 3.97. The number of aromatic nitrogens is 2. The maximum absolute atomic E-state index is 13.1. The van der Waals surface area contributed by atoms with Crippen LogP contribution in [0.5, 0.6) is 0 Å². The van der Waals surface area contributed by atoms with E-state index in [1.54, 1.807) is 16.7 Å². The van der Waals surface area contributed by atoms with Gasteiger partial charge < -0.3 is 9.88 Å². The number of amides is 1. The van der Waals surface area contributed by atoms with Gasteiger partial charge in [-0.3, -0.25) is 9.36 Å². The predicted molar refractivity (Wildman–Crippen MR) is 102 cm³/mol. The van der Waals surface area contributed by atoms with E-state index in [4.69, 9.17) is 0 Å². The standard InChI is InChI=1S/C21H22FN3O2/c1-14(15-8-10-16(22)11-9-15)20(26)24-12-4-5-17(13-24)25-19-7-3-2-6-18(19)23-21(25)27/h2-3,6-11,14,17H,4-5,12-13H2,1H3,(H,23,27)/t14-,17+/m1/s1. The third kappa shape index (κ3) is 3.27. The van der Waals surface area contributed by atoms with Crippen molar-refractivity contribution in [3.8, 4) is 0 Å². The Labute approximate surface area is 156 Å². The van der Waals surface area contributed by atoms with Gasteiger partial charge >= 0.3 is 5.69 Å². The zero-order valence-corrected chi connectivity index (χ0v) is 15.2. The topological polar surface area (TPSA) is 58.1 Å². The number of nitrogens with one attached hydrogen (secondary N) is 1. The van der Waals surface area contributed by atoms with Crippen LogP contribution in [0.15, 0.2) is 53.3 Å². The molecule has 1 amide bonds. The van der Waals surface area contributed by atoms with Crippen molar-refractivity contribution < 1.29 is 9.18 Å². The number of H-pyrrole nitrogens is 1. The molecule has 1 N–H and O–H groups in total. The van der Waals surface area contributed by atoms with E-state index >= 15 is 0 Å². The Bertz CT molecular complexity index is 1020. The number of para-hydroxylation sites is 2. The SMILES string of the molecule is C[C@@H](C(=O)N1CCC[C@H](n2c(=O)[nH]c3ccccc32)C1)c1ccc(F)cc1. The van der Waals surface area contributed by atoms with Crippen molar-refractivity contribution in [2.45, 2.75) is 31.7 Å². The summed E-state index contributed by atoms with van der Waals surface area (Å²) in [5.74, 6) is -0.640. The highest BCUT2D eigenvalue weighted by atomic mass is 19.1. The highest BCUT2D eigenvalue weighted by Crippen LogP contribution is 2.27. The molecule has 4 rings (SSSR count). The van der Waals surface area contributed by atoms with Crippen molar-refractivity contribution in [3.05, 3.63) is 70.4 Å².